The van der Waals surface area contributed by atoms with Crippen LogP contribution in [0.5, 0.6) is 0 Å². The maximum absolute atomic E-state index is 12.7. The quantitative estimate of drug-likeness (QED) is 0.432. The standard InChI is InChI=1S/C28H35N3O3/c1-6-19(3)25(31-11-10-18(2)12-26(31)32)17-30-24(14-27(33)34)22-13-23(16-29-15-22)28-20(4)8-7-9-21(28)5/h7-13,15-16,19,24-25,30H,6,14,17H2,1-5H3,(H,33,34)/t19-,24+,25?/m1/s1. The number of aliphatic carboxylic acids is 1. The Labute approximate surface area is 201 Å². The number of nitrogens with one attached hydrogen (secondary N) is 1. The zero-order valence-corrected chi connectivity index (χ0v) is 20.7. The third-order valence-electron chi connectivity index (χ3n) is 6.65. The van der Waals surface area contributed by atoms with Gasteiger partial charge in [0.1, 0.15) is 0 Å². The van der Waals surface area contributed by atoms with Gasteiger partial charge in [0, 0.05) is 42.8 Å². The van der Waals surface area contributed by atoms with Crippen LogP contribution in [0.3, 0.4) is 0 Å². The van der Waals surface area contributed by atoms with Crippen molar-refractivity contribution in [3.8, 4) is 11.1 Å². The van der Waals surface area contributed by atoms with Crippen molar-refractivity contribution < 1.29 is 9.90 Å². The number of rotatable bonds is 10. The summed E-state index contributed by atoms with van der Waals surface area (Å²) >= 11 is 0. The van der Waals surface area contributed by atoms with Crippen molar-refractivity contribution in [2.24, 2.45) is 5.92 Å². The van der Waals surface area contributed by atoms with Gasteiger partial charge in [-0.05, 0) is 66.6 Å². The highest BCUT2D eigenvalue weighted by molar-refractivity contribution is 5.71. The van der Waals surface area contributed by atoms with Crippen LogP contribution < -0.4 is 10.9 Å². The minimum atomic E-state index is -0.887. The lowest BCUT2D eigenvalue weighted by Gasteiger charge is -2.28. The molecule has 0 amide bonds. The lowest BCUT2D eigenvalue weighted by atomic mass is 9.94. The predicted molar refractivity (Wildman–Crippen MR) is 136 cm³/mol. The van der Waals surface area contributed by atoms with Crippen LogP contribution in [-0.4, -0.2) is 27.2 Å². The zero-order chi connectivity index (χ0) is 24.8. The molecular weight excluding hydrogens is 426 g/mol. The molecule has 0 aliphatic carbocycles. The van der Waals surface area contributed by atoms with E-state index in [1.54, 1.807) is 16.8 Å². The van der Waals surface area contributed by atoms with Gasteiger partial charge >= 0.3 is 5.97 Å². The summed E-state index contributed by atoms with van der Waals surface area (Å²) in [6, 6.07) is 11.2. The Morgan fingerprint density at radius 3 is 2.44 bits per heavy atom. The van der Waals surface area contributed by atoms with Crippen molar-refractivity contribution in [2.45, 2.75) is 59.5 Å². The van der Waals surface area contributed by atoms with Crippen molar-refractivity contribution >= 4 is 5.97 Å². The number of pyridine rings is 2. The van der Waals surface area contributed by atoms with E-state index < -0.39 is 12.0 Å². The van der Waals surface area contributed by atoms with E-state index in [2.05, 4.69) is 50.1 Å². The summed E-state index contributed by atoms with van der Waals surface area (Å²) in [5.74, 6) is -0.653. The third kappa shape index (κ3) is 6.00. The predicted octanol–water partition coefficient (Wildman–Crippen LogP) is 5.23. The van der Waals surface area contributed by atoms with Crippen LogP contribution in [0.25, 0.3) is 11.1 Å². The van der Waals surface area contributed by atoms with E-state index in [0.29, 0.717) is 6.54 Å². The van der Waals surface area contributed by atoms with Crippen molar-refractivity contribution in [1.29, 1.82) is 0 Å². The minimum absolute atomic E-state index is 0.0411. The number of benzene rings is 1. The minimum Gasteiger partial charge on any atom is -0.481 e. The number of carboxylic acid groups (broad SMARTS) is 1. The second-order valence-corrected chi connectivity index (χ2v) is 9.23. The van der Waals surface area contributed by atoms with Gasteiger partial charge in [-0.2, -0.15) is 0 Å². The SMILES string of the molecule is CC[C@@H](C)C(CN[C@@H](CC(=O)O)c1cncc(-c2c(C)cccc2C)c1)n1ccc(C)cc1=O. The van der Waals surface area contributed by atoms with Gasteiger partial charge in [-0.1, -0.05) is 38.5 Å². The van der Waals surface area contributed by atoms with Gasteiger partial charge in [0.15, 0.2) is 0 Å². The highest BCUT2D eigenvalue weighted by Gasteiger charge is 2.23. The molecule has 3 aromatic rings. The normalized spacial score (nSPS) is 13.9. The van der Waals surface area contributed by atoms with Gasteiger partial charge in [-0.3, -0.25) is 14.6 Å². The summed E-state index contributed by atoms with van der Waals surface area (Å²) in [6.45, 7) is 10.7. The number of nitrogens with zero attached hydrogens (tertiary/aromatic N) is 2. The lowest BCUT2D eigenvalue weighted by molar-refractivity contribution is -0.137. The highest BCUT2D eigenvalue weighted by atomic mass is 16.4. The molecule has 0 aliphatic rings. The summed E-state index contributed by atoms with van der Waals surface area (Å²) in [6.07, 6.45) is 6.22. The van der Waals surface area contributed by atoms with Crippen molar-refractivity contribution in [3.05, 3.63) is 87.6 Å². The molecular formula is C28H35N3O3. The van der Waals surface area contributed by atoms with Crippen LogP contribution in [-0.2, 0) is 4.79 Å². The van der Waals surface area contributed by atoms with E-state index in [1.807, 2.05) is 37.5 Å². The number of aryl methyl sites for hydroxylation is 3. The first-order chi connectivity index (χ1) is 16.2. The van der Waals surface area contributed by atoms with E-state index in [9.17, 15) is 14.7 Å². The molecule has 0 spiro atoms. The molecule has 2 N–H and O–H groups in total. The fourth-order valence-electron chi connectivity index (χ4n) is 4.51. The molecule has 2 heterocycles. The first-order valence-corrected chi connectivity index (χ1v) is 11.9. The Morgan fingerprint density at radius 1 is 1.12 bits per heavy atom. The monoisotopic (exact) mass is 461 g/mol. The zero-order valence-electron chi connectivity index (χ0n) is 20.7. The van der Waals surface area contributed by atoms with Crippen molar-refractivity contribution in [3.63, 3.8) is 0 Å². The van der Waals surface area contributed by atoms with Crippen LogP contribution in [0.2, 0.25) is 0 Å². The Hall–Kier alpha value is -3.25. The summed E-state index contributed by atoms with van der Waals surface area (Å²) in [4.78, 5) is 28.9. The molecule has 3 atom stereocenters. The third-order valence-corrected chi connectivity index (χ3v) is 6.65. The Kier molecular flexibility index (Phi) is 8.40. The number of aromatic nitrogens is 2. The van der Waals surface area contributed by atoms with E-state index in [0.717, 1.165) is 39.8 Å². The molecule has 6 nitrogen and oxygen atoms in total. The van der Waals surface area contributed by atoms with E-state index in [4.69, 9.17) is 0 Å². The molecule has 0 radical (unpaired) electrons. The highest BCUT2D eigenvalue weighted by Crippen LogP contribution is 2.29. The molecule has 3 rings (SSSR count). The number of carbonyl (C=O) groups is 1. The smallest absolute Gasteiger partial charge is 0.305 e. The maximum atomic E-state index is 12.7. The van der Waals surface area contributed by atoms with Gasteiger partial charge in [0.2, 0.25) is 0 Å². The molecule has 0 saturated carbocycles. The molecule has 1 aromatic carbocycles. The topological polar surface area (TPSA) is 84.2 Å². The van der Waals surface area contributed by atoms with E-state index in [-0.39, 0.29) is 23.9 Å². The molecule has 6 heteroatoms. The van der Waals surface area contributed by atoms with Crippen LogP contribution in [0, 0.1) is 26.7 Å². The summed E-state index contributed by atoms with van der Waals surface area (Å²) in [5, 5.41) is 13.1. The summed E-state index contributed by atoms with van der Waals surface area (Å²) < 4.78 is 1.76. The summed E-state index contributed by atoms with van der Waals surface area (Å²) in [7, 11) is 0. The molecule has 34 heavy (non-hydrogen) atoms. The van der Waals surface area contributed by atoms with Gasteiger partial charge in [-0.25, -0.2) is 0 Å². The van der Waals surface area contributed by atoms with Gasteiger partial charge < -0.3 is 15.0 Å². The Morgan fingerprint density at radius 2 is 1.82 bits per heavy atom. The van der Waals surface area contributed by atoms with Crippen LogP contribution >= 0.6 is 0 Å². The first kappa shape index (κ1) is 25.4. The van der Waals surface area contributed by atoms with Crippen molar-refractivity contribution in [2.75, 3.05) is 6.54 Å². The number of hydrogen-bond donors (Lipinski definition) is 2. The maximum Gasteiger partial charge on any atom is 0.305 e. The Bertz CT molecular complexity index is 1180. The first-order valence-electron chi connectivity index (χ1n) is 11.9. The molecule has 2 aromatic heterocycles. The van der Waals surface area contributed by atoms with E-state index >= 15 is 0 Å². The molecule has 180 valence electrons. The van der Waals surface area contributed by atoms with Crippen LogP contribution in [0.1, 0.15) is 61.0 Å². The molecule has 0 aliphatic heterocycles. The second kappa shape index (κ2) is 11.3. The molecule has 0 saturated heterocycles. The molecule has 0 fully saturated rings. The largest absolute Gasteiger partial charge is 0.481 e. The number of hydrogen-bond acceptors (Lipinski definition) is 4. The molecule has 0 bridgehead atoms. The van der Waals surface area contributed by atoms with Gasteiger partial charge in [0.05, 0.1) is 12.5 Å². The number of carboxylic acids is 1. The van der Waals surface area contributed by atoms with Gasteiger partial charge in [-0.15, -0.1) is 0 Å². The fraction of sp³-hybridized carbons (Fsp3) is 0.393. The average Bonchev–Trinajstić information content (AvgIpc) is 2.79. The van der Waals surface area contributed by atoms with Crippen molar-refractivity contribution in [1.82, 2.24) is 14.9 Å². The van der Waals surface area contributed by atoms with E-state index in [1.165, 1.54) is 0 Å². The summed E-state index contributed by atoms with van der Waals surface area (Å²) in [5.41, 5.74) is 6.10. The van der Waals surface area contributed by atoms with Crippen LogP contribution in [0.4, 0.5) is 0 Å². The fourth-order valence-corrected chi connectivity index (χ4v) is 4.51. The second-order valence-electron chi connectivity index (χ2n) is 9.23. The lowest BCUT2D eigenvalue weighted by Crippen LogP contribution is -2.37. The Balaban J connectivity index is 1.93. The molecule has 1 unspecified atom stereocenters. The van der Waals surface area contributed by atoms with Gasteiger partial charge in [0.25, 0.3) is 5.56 Å². The van der Waals surface area contributed by atoms with Crippen LogP contribution in [0.15, 0.2) is 59.8 Å². The average molecular weight is 462 g/mol.